The molecule has 2 rings (SSSR count). The SMILES string of the molecule is Cc1nc(N)sc1C(=O)NCC1(CCO)CC1. The van der Waals surface area contributed by atoms with Crippen molar-refractivity contribution in [3.8, 4) is 0 Å². The average molecular weight is 255 g/mol. The van der Waals surface area contributed by atoms with E-state index < -0.39 is 0 Å². The summed E-state index contributed by atoms with van der Waals surface area (Å²) in [7, 11) is 0. The van der Waals surface area contributed by atoms with E-state index in [4.69, 9.17) is 10.8 Å². The molecule has 0 bridgehead atoms. The van der Waals surface area contributed by atoms with Gasteiger partial charge in [0.1, 0.15) is 4.88 Å². The number of nitrogens with zero attached hydrogens (tertiary/aromatic N) is 1. The zero-order chi connectivity index (χ0) is 12.5. The van der Waals surface area contributed by atoms with Crippen molar-refractivity contribution in [2.45, 2.75) is 26.2 Å². The van der Waals surface area contributed by atoms with Gasteiger partial charge in [-0.3, -0.25) is 4.79 Å². The topological polar surface area (TPSA) is 88.2 Å². The van der Waals surface area contributed by atoms with Gasteiger partial charge in [-0.25, -0.2) is 4.98 Å². The molecular weight excluding hydrogens is 238 g/mol. The lowest BCUT2D eigenvalue weighted by atomic mass is 10.0. The van der Waals surface area contributed by atoms with Gasteiger partial charge in [0.25, 0.3) is 5.91 Å². The molecule has 1 aliphatic rings. The minimum absolute atomic E-state index is 0.110. The molecule has 94 valence electrons. The third kappa shape index (κ3) is 2.76. The molecule has 0 saturated heterocycles. The van der Waals surface area contributed by atoms with Gasteiger partial charge in [0, 0.05) is 13.2 Å². The van der Waals surface area contributed by atoms with Crippen LogP contribution in [0.5, 0.6) is 0 Å². The van der Waals surface area contributed by atoms with Gasteiger partial charge in [-0.2, -0.15) is 0 Å². The van der Waals surface area contributed by atoms with Crippen LogP contribution in [0.2, 0.25) is 0 Å². The molecule has 1 saturated carbocycles. The minimum atomic E-state index is -0.110. The van der Waals surface area contributed by atoms with Gasteiger partial charge in [0.05, 0.1) is 5.69 Å². The number of rotatable bonds is 5. The first-order chi connectivity index (χ1) is 8.06. The lowest BCUT2D eigenvalue weighted by Gasteiger charge is -2.13. The second kappa shape index (κ2) is 4.62. The molecule has 1 fully saturated rings. The predicted octanol–water partition coefficient (Wildman–Crippen LogP) is 0.926. The number of anilines is 1. The highest BCUT2D eigenvalue weighted by Crippen LogP contribution is 2.47. The van der Waals surface area contributed by atoms with Gasteiger partial charge >= 0.3 is 0 Å². The smallest absolute Gasteiger partial charge is 0.263 e. The zero-order valence-electron chi connectivity index (χ0n) is 9.82. The summed E-state index contributed by atoms with van der Waals surface area (Å²) in [5.74, 6) is -0.110. The maximum absolute atomic E-state index is 11.9. The fourth-order valence-corrected chi connectivity index (χ4v) is 2.66. The highest BCUT2D eigenvalue weighted by Gasteiger charge is 2.42. The Morgan fingerprint density at radius 3 is 2.82 bits per heavy atom. The Balaban J connectivity index is 1.92. The number of aromatic nitrogens is 1. The van der Waals surface area contributed by atoms with Crippen molar-refractivity contribution < 1.29 is 9.90 Å². The van der Waals surface area contributed by atoms with Crippen molar-refractivity contribution in [1.29, 1.82) is 0 Å². The normalized spacial score (nSPS) is 16.8. The van der Waals surface area contributed by atoms with E-state index in [0.29, 0.717) is 22.2 Å². The number of nitrogens with one attached hydrogen (secondary N) is 1. The molecule has 6 heteroatoms. The molecule has 1 amide bonds. The minimum Gasteiger partial charge on any atom is -0.396 e. The van der Waals surface area contributed by atoms with Gasteiger partial charge in [-0.1, -0.05) is 11.3 Å². The van der Waals surface area contributed by atoms with Gasteiger partial charge in [-0.15, -0.1) is 0 Å². The van der Waals surface area contributed by atoms with Crippen molar-refractivity contribution in [2.24, 2.45) is 5.41 Å². The number of nitrogens with two attached hydrogens (primary N) is 1. The molecule has 4 N–H and O–H groups in total. The summed E-state index contributed by atoms with van der Waals surface area (Å²) >= 11 is 1.21. The zero-order valence-corrected chi connectivity index (χ0v) is 10.6. The third-order valence-electron chi connectivity index (χ3n) is 3.24. The molecule has 5 nitrogen and oxygen atoms in total. The fraction of sp³-hybridized carbons (Fsp3) is 0.636. The molecule has 0 aliphatic heterocycles. The molecule has 0 radical (unpaired) electrons. The van der Waals surface area contributed by atoms with Crippen molar-refractivity contribution >= 4 is 22.4 Å². The summed E-state index contributed by atoms with van der Waals surface area (Å²) in [6, 6.07) is 0. The number of carbonyl (C=O) groups excluding carboxylic acids is 1. The van der Waals surface area contributed by atoms with E-state index in [1.54, 1.807) is 6.92 Å². The molecule has 0 atom stereocenters. The first kappa shape index (κ1) is 12.3. The number of hydrogen-bond acceptors (Lipinski definition) is 5. The maximum Gasteiger partial charge on any atom is 0.263 e. The number of amides is 1. The molecule has 1 heterocycles. The molecule has 1 aromatic heterocycles. The number of nitrogen functional groups attached to an aromatic ring is 1. The summed E-state index contributed by atoms with van der Waals surface area (Å²) < 4.78 is 0. The van der Waals surface area contributed by atoms with Crippen LogP contribution in [-0.4, -0.2) is 29.1 Å². The molecule has 17 heavy (non-hydrogen) atoms. The number of aliphatic hydroxyl groups is 1. The van der Waals surface area contributed by atoms with Gasteiger partial charge in [0.15, 0.2) is 5.13 Å². The predicted molar refractivity (Wildman–Crippen MR) is 67.0 cm³/mol. The lowest BCUT2D eigenvalue weighted by Crippen LogP contribution is -2.30. The van der Waals surface area contributed by atoms with Crippen molar-refractivity contribution in [1.82, 2.24) is 10.3 Å². The van der Waals surface area contributed by atoms with Crippen LogP contribution in [0.1, 0.15) is 34.6 Å². The largest absolute Gasteiger partial charge is 0.396 e. The Bertz CT molecular complexity index is 426. The van der Waals surface area contributed by atoms with Crippen molar-refractivity contribution in [3.63, 3.8) is 0 Å². The number of hydrogen-bond donors (Lipinski definition) is 3. The summed E-state index contributed by atoms with van der Waals surface area (Å²) in [5.41, 5.74) is 6.36. The summed E-state index contributed by atoms with van der Waals surface area (Å²) in [6.45, 7) is 2.59. The van der Waals surface area contributed by atoms with Crippen LogP contribution in [0, 0.1) is 12.3 Å². The number of thiazole rings is 1. The van der Waals surface area contributed by atoms with Gasteiger partial charge in [-0.05, 0) is 31.6 Å². The molecule has 1 aromatic rings. The lowest BCUT2D eigenvalue weighted by molar-refractivity contribution is 0.0944. The monoisotopic (exact) mass is 255 g/mol. The van der Waals surface area contributed by atoms with E-state index in [1.165, 1.54) is 11.3 Å². The van der Waals surface area contributed by atoms with Crippen LogP contribution in [-0.2, 0) is 0 Å². The van der Waals surface area contributed by atoms with Gasteiger partial charge < -0.3 is 16.2 Å². The molecule has 0 aromatic carbocycles. The van der Waals surface area contributed by atoms with Crippen molar-refractivity contribution in [2.75, 3.05) is 18.9 Å². The van der Waals surface area contributed by atoms with Crippen LogP contribution >= 0.6 is 11.3 Å². The quantitative estimate of drug-likeness (QED) is 0.730. The van der Waals surface area contributed by atoms with Crippen LogP contribution in [0.3, 0.4) is 0 Å². The van der Waals surface area contributed by atoms with E-state index in [9.17, 15) is 4.79 Å². The molecule has 0 spiro atoms. The first-order valence-corrected chi connectivity index (χ1v) is 6.50. The Labute approximate surface area is 104 Å². The van der Waals surface area contributed by atoms with E-state index in [0.717, 1.165) is 19.3 Å². The average Bonchev–Trinajstić information content (AvgIpc) is 2.95. The van der Waals surface area contributed by atoms with Crippen molar-refractivity contribution in [3.05, 3.63) is 10.6 Å². The second-order valence-electron chi connectivity index (χ2n) is 4.62. The molecule has 1 aliphatic carbocycles. The van der Waals surface area contributed by atoms with E-state index in [2.05, 4.69) is 10.3 Å². The summed E-state index contributed by atoms with van der Waals surface area (Å²) in [6.07, 6.45) is 2.92. The third-order valence-corrected chi connectivity index (χ3v) is 4.23. The second-order valence-corrected chi connectivity index (χ2v) is 5.65. The van der Waals surface area contributed by atoms with Crippen LogP contribution < -0.4 is 11.1 Å². The number of aryl methyl sites for hydroxylation is 1. The van der Waals surface area contributed by atoms with E-state index >= 15 is 0 Å². The fourth-order valence-electron chi connectivity index (χ4n) is 1.91. The van der Waals surface area contributed by atoms with Gasteiger partial charge in [0.2, 0.25) is 0 Å². The highest BCUT2D eigenvalue weighted by atomic mass is 32.1. The van der Waals surface area contributed by atoms with E-state index in [1.807, 2.05) is 0 Å². The number of carbonyl (C=O) groups is 1. The highest BCUT2D eigenvalue weighted by molar-refractivity contribution is 7.17. The van der Waals surface area contributed by atoms with E-state index in [-0.39, 0.29) is 17.9 Å². The summed E-state index contributed by atoms with van der Waals surface area (Å²) in [5, 5.41) is 12.3. The van der Waals surface area contributed by atoms with Crippen LogP contribution in [0.15, 0.2) is 0 Å². The Hall–Kier alpha value is -1.14. The maximum atomic E-state index is 11.9. The number of aliphatic hydroxyl groups excluding tert-OH is 1. The standard InChI is InChI=1S/C11H17N3O2S/c1-7-8(17-10(12)14-7)9(16)13-6-11(2-3-11)4-5-15/h15H,2-6H2,1H3,(H2,12,14)(H,13,16). The Kier molecular flexibility index (Phi) is 3.35. The summed E-state index contributed by atoms with van der Waals surface area (Å²) in [4.78, 5) is 16.5. The Morgan fingerprint density at radius 2 is 2.35 bits per heavy atom. The van der Waals surface area contributed by atoms with Crippen LogP contribution in [0.25, 0.3) is 0 Å². The molecule has 0 unspecified atom stereocenters. The van der Waals surface area contributed by atoms with Crippen LogP contribution in [0.4, 0.5) is 5.13 Å². The first-order valence-electron chi connectivity index (χ1n) is 5.68. The Morgan fingerprint density at radius 1 is 1.65 bits per heavy atom. The molecular formula is C11H17N3O2S.